The first-order chi connectivity index (χ1) is 38.0. The summed E-state index contributed by atoms with van der Waals surface area (Å²) in [6.45, 7) is 6.42. The molecule has 0 saturated heterocycles. The van der Waals surface area contributed by atoms with Crippen LogP contribution in [-0.2, 0) is 28.6 Å². The molecule has 0 rings (SSSR count). The molecule has 1 unspecified atom stereocenters. The summed E-state index contributed by atoms with van der Waals surface area (Å²) in [6.07, 6.45) is 87.1. The molecule has 0 saturated carbocycles. The number of carbonyl (C=O) groups is 3. The van der Waals surface area contributed by atoms with E-state index in [9.17, 15) is 14.4 Å². The van der Waals surface area contributed by atoms with Gasteiger partial charge in [-0.05, 0) is 96.3 Å². The molecular formula is C71H122O6. The molecule has 6 heteroatoms. The van der Waals surface area contributed by atoms with E-state index in [1.165, 1.54) is 161 Å². The maximum Gasteiger partial charge on any atom is 0.306 e. The molecule has 0 aromatic rings. The summed E-state index contributed by atoms with van der Waals surface area (Å²) in [4.78, 5) is 38.3. The molecule has 0 amide bonds. The maximum atomic E-state index is 12.9. The van der Waals surface area contributed by atoms with Crippen molar-refractivity contribution < 1.29 is 28.6 Å². The topological polar surface area (TPSA) is 78.9 Å². The highest BCUT2D eigenvalue weighted by Crippen LogP contribution is 2.17. The molecule has 0 heterocycles. The number of rotatable bonds is 59. The van der Waals surface area contributed by atoms with Crippen molar-refractivity contribution in [1.82, 2.24) is 0 Å². The molecule has 0 radical (unpaired) electrons. The average Bonchev–Trinajstić information content (AvgIpc) is 3.43. The zero-order valence-corrected chi connectivity index (χ0v) is 50.7. The first-order valence-corrected chi connectivity index (χ1v) is 32.7. The number of carbonyl (C=O) groups excluding carboxylic acids is 3. The van der Waals surface area contributed by atoms with Gasteiger partial charge in [0, 0.05) is 19.3 Å². The second kappa shape index (κ2) is 64.9. The lowest BCUT2D eigenvalue weighted by molar-refractivity contribution is -0.167. The summed E-state index contributed by atoms with van der Waals surface area (Å²) in [5.41, 5.74) is 0. The monoisotopic (exact) mass is 1070 g/mol. The number of unbranched alkanes of at least 4 members (excludes halogenated alkanes) is 32. The third-order valence-corrected chi connectivity index (χ3v) is 14.1. The van der Waals surface area contributed by atoms with Gasteiger partial charge in [-0.15, -0.1) is 0 Å². The first kappa shape index (κ1) is 73.3. The zero-order chi connectivity index (χ0) is 55.7. The smallest absolute Gasteiger partial charge is 0.306 e. The Labute approximate surface area is 477 Å². The Hall–Kier alpha value is -3.67. The fourth-order valence-corrected chi connectivity index (χ4v) is 9.25. The highest BCUT2D eigenvalue weighted by Gasteiger charge is 2.19. The van der Waals surface area contributed by atoms with Crippen molar-refractivity contribution in [2.24, 2.45) is 0 Å². The summed E-state index contributed by atoms with van der Waals surface area (Å²) in [7, 11) is 0. The van der Waals surface area contributed by atoms with Crippen LogP contribution in [0, 0.1) is 0 Å². The normalized spacial score (nSPS) is 12.7. The van der Waals surface area contributed by atoms with Gasteiger partial charge in [0.25, 0.3) is 0 Å². The quantitative estimate of drug-likeness (QED) is 0.0261. The van der Waals surface area contributed by atoms with Gasteiger partial charge in [-0.1, -0.05) is 298 Å². The number of ether oxygens (including phenoxy) is 3. The second-order valence-electron chi connectivity index (χ2n) is 21.6. The van der Waals surface area contributed by atoms with Crippen molar-refractivity contribution in [2.45, 2.75) is 322 Å². The molecule has 0 spiro atoms. The molecule has 0 aromatic carbocycles. The van der Waals surface area contributed by atoms with Crippen LogP contribution >= 0.6 is 0 Å². The first-order valence-electron chi connectivity index (χ1n) is 32.7. The van der Waals surface area contributed by atoms with Gasteiger partial charge in [0.1, 0.15) is 13.2 Å². The average molecular weight is 1070 g/mol. The van der Waals surface area contributed by atoms with E-state index in [1.807, 2.05) is 0 Å². The molecule has 0 aliphatic rings. The molecule has 0 N–H and O–H groups in total. The summed E-state index contributed by atoms with van der Waals surface area (Å²) in [5, 5.41) is 0. The van der Waals surface area contributed by atoms with Crippen LogP contribution < -0.4 is 0 Å². The van der Waals surface area contributed by atoms with Gasteiger partial charge < -0.3 is 14.2 Å². The minimum atomic E-state index is -0.790. The van der Waals surface area contributed by atoms with Crippen LogP contribution in [0.3, 0.4) is 0 Å². The van der Waals surface area contributed by atoms with E-state index in [-0.39, 0.29) is 31.1 Å². The maximum absolute atomic E-state index is 12.9. The van der Waals surface area contributed by atoms with Crippen molar-refractivity contribution in [3.05, 3.63) is 97.2 Å². The van der Waals surface area contributed by atoms with Crippen LogP contribution in [0.2, 0.25) is 0 Å². The van der Waals surface area contributed by atoms with Crippen LogP contribution in [-0.4, -0.2) is 37.2 Å². The standard InChI is InChI=1S/C71H122O6/c1-4-7-10-13-16-19-22-25-27-29-31-32-33-34-35-36-37-38-40-41-43-46-49-52-55-58-61-64-70(73)76-67-68(66-75-69(72)63-60-57-54-51-48-45-24-21-18-15-12-9-6-3)77-71(74)65-62-59-56-53-50-47-44-42-39-30-28-26-23-20-17-14-11-8-5-2/h7,9-10,12,16,18-19,21,25,27,31-32,34-35,45,48,68H,4-6,8,11,13-15,17,20,22-24,26,28-30,33,36-44,46-47,49-67H2,1-3H3/b10-7-,12-9-,19-16-,21-18-,27-25-,32-31-,35-34-,48-45-. The van der Waals surface area contributed by atoms with Crippen LogP contribution in [0.4, 0.5) is 0 Å². The molecule has 0 aliphatic carbocycles. The predicted molar refractivity (Wildman–Crippen MR) is 334 cm³/mol. The Kier molecular flexibility index (Phi) is 61.8. The van der Waals surface area contributed by atoms with E-state index in [0.29, 0.717) is 19.3 Å². The Balaban J connectivity index is 4.30. The molecule has 442 valence electrons. The van der Waals surface area contributed by atoms with Gasteiger partial charge in [-0.25, -0.2) is 0 Å². The molecule has 1 atom stereocenters. The van der Waals surface area contributed by atoms with Gasteiger partial charge in [0.15, 0.2) is 6.10 Å². The Morgan fingerprint density at radius 1 is 0.273 bits per heavy atom. The van der Waals surface area contributed by atoms with Crippen molar-refractivity contribution in [2.75, 3.05) is 13.2 Å². The van der Waals surface area contributed by atoms with Gasteiger partial charge in [-0.3, -0.25) is 14.4 Å². The van der Waals surface area contributed by atoms with E-state index in [4.69, 9.17) is 14.2 Å². The summed E-state index contributed by atoms with van der Waals surface area (Å²) < 4.78 is 16.9. The van der Waals surface area contributed by atoms with Crippen molar-refractivity contribution in [1.29, 1.82) is 0 Å². The van der Waals surface area contributed by atoms with E-state index in [2.05, 4.69) is 118 Å². The van der Waals surface area contributed by atoms with Crippen LogP contribution in [0.1, 0.15) is 316 Å². The van der Waals surface area contributed by atoms with Gasteiger partial charge in [0.2, 0.25) is 0 Å². The molecule has 0 bridgehead atoms. The Morgan fingerprint density at radius 3 is 0.805 bits per heavy atom. The molecule has 0 fully saturated rings. The fourth-order valence-electron chi connectivity index (χ4n) is 9.25. The highest BCUT2D eigenvalue weighted by atomic mass is 16.6. The minimum Gasteiger partial charge on any atom is -0.462 e. The molecule has 0 aromatic heterocycles. The largest absolute Gasteiger partial charge is 0.462 e. The second-order valence-corrected chi connectivity index (χ2v) is 21.6. The molecule has 0 aliphatic heterocycles. The minimum absolute atomic E-state index is 0.0859. The summed E-state index contributed by atoms with van der Waals surface area (Å²) in [5.74, 6) is -0.906. The Morgan fingerprint density at radius 2 is 0.506 bits per heavy atom. The van der Waals surface area contributed by atoms with Crippen LogP contribution in [0.25, 0.3) is 0 Å². The van der Waals surface area contributed by atoms with E-state index < -0.39 is 6.10 Å². The third-order valence-electron chi connectivity index (χ3n) is 14.1. The lowest BCUT2D eigenvalue weighted by atomic mass is 10.0. The van der Waals surface area contributed by atoms with Gasteiger partial charge in [-0.2, -0.15) is 0 Å². The SMILES string of the molecule is CC/C=C\C/C=C\C/C=C\C/C=C\C/C=C\CCCCCCCCCCCCCC(=O)OCC(COC(=O)CCCCC/C=C\C/C=C\C/C=C\CC)OC(=O)CCCCCCCCCCCCCCCCCCCCC. The van der Waals surface area contributed by atoms with E-state index >= 15 is 0 Å². The highest BCUT2D eigenvalue weighted by molar-refractivity contribution is 5.71. The summed E-state index contributed by atoms with van der Waals surface area (Å²) >= 11 is 0. The molecule has 6 nitrogen and oxygen atoms in total. The van der Waals surface area contributed by atoms with Gasteiger partial charge >= 0.3 is 17.9 Å². The predicted octanol–water partition coefficient (Wildman–Crippen LogP) is 22.4. The van der Waals surface area contributed by atoms with E-state index in [0.717, 1.165) is 116 Å². The van der Waals surface area contributed by atoms with Crippen molar-refractivity contribution in [3.63, 3.8) is 0 Å². The van der Waals surface area contributed by atoms with E-state index in [1.54, 1.807) is 0 Å². The molecule has 77 heavy (non-hydrogen) atoms. The number of esters is 3. The number of hydrogen-bond acceptors (Lipinski definition) is 6. The fraction of sp³-hybridized carbons (Fsp3) is 0.732. The Bertz CT molecular complexity index is 1510. The van der Waals surface area contributed by atoms with Crippen molar-refractivity contribution in [3.8, 4) is 0 Å². The summed E-state index contributed by atoms with van der Waals surface area (Å²) in [6, 6.07) is 0. The third kappa shape index (κ3) is 63.0. The zero-order valence-electron chi connectivity index (χ0n) is 50.7. The molecular weight excluding hydrogens is 949 g/mol. The van der Waals surface area contributed by atoms with Gasteiger partial charge in [0.05, 0.1) is 0 Å². The lowest BCUT2D eigenvalue weighted by Crippen LogP contribution is -2.30. The van der Waals surface area contributed by atoms with Crippen LogP contribution in [0.15, 0.2) is 97.2 Å². The van der Waals surface area contributed by atoms with Crippen LogP contribution in [0.5, 0.6) is 0 Å². The number of hydrogen-bond donors (Lipinski definition) is 0. The number of allylic oxidation sites excluding steroid dienone is 16. The lowest BCUT2D eigenvalue weighted by Gasteiger charge is -2.18. The van der Waals surface area contributed by atoms with Crippen molar-refractivity contribution >= 4 is 17.9 Å².